The molecule has 0 atom stereocenters. The van der Waals surface area contributed by atoms with E-state index in [-0.39, 0.29) is 16.5 Å². The number of hydrogen-bond donors (Lipinski definition) is 0. The smallest absolute Gasteiger partial charge is 0.331 e. The molecule has 0 radical (unpaired) electrons. The molecule has 1 heterocycles. The van der Waals surface area contributed by atoms with Crippen LogP contribution in [0.2, 0.25) is 5.02 Å². The van der Waals surface area contributed by atoms with E-state index in [1.54, 1.807) is 0 Å². The number of ether oxygens (including phenoxy) is 1. The van der Waals surface area contributed by atoms with E-state index < -0.39 is 24.0 Å². The molecule has 0 spiro atoms. The van der Waals surface area contributed by atoms with Gasteiger partial charge >= 0.3 is 12.5 Å². The minimum absolute atomic E-state index is 0.0291. The van der Waals surface area contributed by atoms with Crippen molar-refractivity contribution >= 4 is 29.3 Å². The third-order valence-electron chi connectivity index (χ3n) is 2.88. The van der Waals surface area contributed by atoms with Gasteiger partial charge in [0.1, 0.15) is 11.6 Å². The number of rotatable bonds is 6. The molecule has 0 saturated carbocycles. The molecule has 0 aliphatic carbocycles. The molecule has 0 fully saturated rings. The second kappa shape index (κ2) is 7.64. The van der Waals surface area contributed by atoms with Gasteiger partial charge in [0.25, 0.3) is 5.69 Å². The Morgan fingerprint density at radius 3 is 2.92 bits per heavy atom. The first kappa shape index (κ1) is 17.5. The first-order chi connectivity index (χ1) is 11.4. The molecule has 0 N–H and O–H groups in total. The zero-order chi connectivity index (χ0) is 17.7. The van der Waals surface area contributed by atoms with Crippen molar-refractivity contribution in [2.75, 3.05) is 0 Å². The molecule has 24 heavy (non-hydrogen) atoms. The van der Waals surface area contributed by atoms with Crippen LogP contribution in [-0.2, 0) is 16.1 Å². The zero-order valence-electron chi connectivity index (χ0n) is 11.9. The van der Waals surface area contributed by atoms with Crippen LogP contribution in [0.5, 0.6) is 0 Å². The highest BCUT2D eigenvalue weighted by Gasteiger charge is 2.13. The molecular formula is C14H10ClF2N3O4. The summed E-state index contributed by atoms with van der Waals surface area (Å²) in [7, 11) is 0. The van der Waals surface area contributed by atoms with Crippen LogP contribution >= 0.6 is 11.6 Å². The van der Waals surface area contributed by atoms with E-state index in [2.05, 4.69) is 4.98 Å². The van der Waals surface area contributed by atoms with Crippen LogP contribution in [0.1, 0.15) is 17.9 Å². The number of nitro benzene ring substituents is 1. The molecule has 10 heteroatoms. The van der Waals surface area contributed by atoms with Crippen molar-refractivity contribution in [3.63, 3.8) is 0 Å². The van der Waals surface area contributed by atoms with Crippen LogP contribution in [0.25, 0.3) is 6.08 Å². The molecule has 0 amide bonds. The highest BCUT2D eigenvalue weighted by atomic mass is 35.5. The maximum atomic E-state index is 12.6. The van der Waals surface area contributed by atoms with E-state index >= 15 is 0 Å². The number of nitro groups is 1. The largest absolute Gasteiger partial charge is 0.454 e. The second-order valence-electron chi connectivity index (χ2n) is 4.44. The predicted octanol–water partition coefficient (Wildman–Crippen LogP) is 3.60. The topological polar surface area (TPSA) is 87.3 Å². The third kappa shape index (κ3) is 4.35. The molecule has 0 aliphatic rings. The van der Waals surface area contributed by atoms with E-state index in [1.807, 2.05) is 0 Å². The van der Waals surface area contributed by atoms with Crippen molar-refractivity contribution in [1.82, 2.24) is 9.55 Å². The lowest BCUT2D eigenvalue weighted by molar-refractivity contribution is -0.384. The Hall–Kier alpha value is -2.81. The van der Waals surface area contributed by atoms with Gasteiger partial charge in [-0.3, -0.25) is 14.7 Å². The number of halogens is 3. The van der Waals surface area contributed by atoms with Crippen LogP contribution in [0.3, 0.4) is 0 Å². The van der Waals surface area contributed by atoms with Gasteiger partial charge in [0.15, 0.2) is 5.82 Å². The molecule has 7 nitrogen and oxygen atoms in total. The molecule has 0 bridgehead atoms. The molecule has 2 aromatic rings. The summed E-state index contributed by atoms with van der Waals surface area (Å²) in [6, 6.07) is 3.99. The lowest BCUT2D eigenvalue weighted by Crippen LogP contribution is -2.08. The summed E-state index contributed by atoms with van der Waals surface area (Å²) in [4.78, 5) is 25.4. The van der Waals surface area contributed by atoms with E-state index in [1.165, 1.54) is 24.3 Å². The Bertz CT molecular complexity index is 792. The molecule has 0 aliphatic heterocycles. The minimum atomic E-state index is -2.79. The van der Waals surface area contributed by atoms with Gasteiger partial charge in [-0.05, 0) is 17.7 Å². The summed E-state index contributed by atoms with van der Waals surface area (Å²) in [5.74, 6) is -0.912. The Balaban J connectivity index is 1.99. The normalized spacial score (nSPS) is 11.2. The van der Waals surface area contributed by atoms with Crippen molar-refractivity contribution in [3.8, 4) is 0 Å². The van der Waals surface area contributed by atoms with Crippen molar-refractivity contribution in [2.24, 2.45) is 0 Å². The highest BCUT2D eigenvalue weighted by molar-refractivity contribution is 6.32. The summed E-state index contributed by atoms with van der Waals surface area (Å²) < 4.78 is 30.6. The zero-order valence-corrected chi connectivity index (χ0v) is 12.7. The monoisotopic (exact) mass is 357 g/mol. The molecule has 0 saturated heterocycles. The number of carbonyl (C=O) groups is 1. The first-order valence-electron chi connectivity index (χ1n) is 6.47. The quantitative estimate of drug-likeness (QED) is 0.341. The summed E-state index contributed by atoms with van der Waals surface area (Å²) in [6.45, 7) is -3.22. The van der Waals surface area contributed by atoms with Crippen LogP contribution in [0.4, 0.5) is 14.5 Å². The van der Waals surface area contributed by atoms with Gasteiger partial charge in [-0.1, -0.05) is 17.7 Å². The molecule has 1 aromatic heterocycles. The molecule has 126 valence electrons. The van der Waals surface area contributed by atoms with Gasteiger partial charge in [-0.2, -0.15) is 8.78 Å². The fourth-order valence-corrected chi connectivity index (χ4v) is 1.94. The third-order valence-corrected chi connectivity index (χ3v) is 3.20. The second-order valence-corrected chi connectivity index (χ2v) is 4.84. The number of carbonyl (C=O) groups excluding carboxylic acids is 1. The van der Waals surface area contributed by atoms with E-state index in [9.17, 15) is 23.7 Å². The van der Waals surface area contributed by atoms with Crippen molar-refractivity contribution in [2.45, 2.75) is 13.2 Å². The van der Waals surface area contributed by atoms with E-state index in [0.717, 1.165) is 18.5 Å². The molecule has 0 unspecified atom stereocenters. The summed E-state index contributed by atoms with van der Waals surface area (Å²) in [5, 5.41) is 10.7. The summed E-state index contributed by atoms with van der Waals surface area (Å²) in [6.07, 6.45) is 4.53. The number of benzene rings is 1. The maximum absolute atomic E-state index is 12.6. The first-order valence-corrected chi connectivity index (χ1v) is 6.85. The summed E-state index contributed by atoms with van der Waals surface area (Å²) >= 11 is 5.67. The van der Waals surface area contributed by atoms with Gasteiger partial charge in [-0.15, -0.1) is 0 Å². The fraction of sp³-hybridized carbons (Fsp3) is 0.143. The van der Waals surface area contributed by atoms with Crippen LogP contribution in [-0.4, -0.2) is 20.4 Å². The number of imidazole rings is 1. The van der Waals surface area contributed by atoms with Crippen LogP contribution in [0.15, 0.2) is 36.7 Å². The van der Waals surface area contributed by atoms with Gasteiger partial charge in [0.2, 0.25) is 0 Å². The predicted molar refractivity (Wildman–Crippen MR) is 80.4 cm³/mol. The molecule has 2 rings (SSSR count). The lowest BCUT2D eigenvalue weighted by atomic mass is 10.2. The Morgan fingerprint density at radius 1 is 1.50 bits per heavy atom. The van der Waals surface area contributed by atoms with E-state index in [4.69, 9.17) is 16.3 Å². The average molecular weight is 358 g/mol. The fourth-order valence-electron chi connectivity index (χ4n) is 1.75. The standard InChI is InChI=1S/C14H10ClF2N3O4/c15-10-3-1-9(7-11(10)20(22)23)2-4-13(21)24-8-12-18-5-6-19(12)14(16)17/h1-7,14H,8H2/b4-2+. The average Bonchev–Trinajstić information content (AvgIpc) is 3.00. The Morgan fingerprint density at radius 2 is 2.25 bits per heavy atom. The van der Waals surface area contributed by atoms with Crippen LogP contribution < -0.4 is 0 Å². The molecule has 1 aromatic carbocycles. The summed E-state index contributed by atoms with van der Waals surface area (Å²) in [5.41, 5.74) is 0.0586. The van der Waals surface area contributed by atoms with Crippen molar-refractivity contribution < 1.29 is 23.2 Å². The van der Waals surface area contributed by atoms with E-state index in [0.29, 0.717) is 10.1 Å². The van der Waals surface area contributed by atoms with Gasteiger partial charge in [0, 0.05) is 24.5 Å². The SMILES string of the molecule is O=C(/C=C/c1ccc(Cl)c([N+](=O)[O-])c1)OCc1nccn1C(F)F. The highest BCUT2D eigenvalue weighted by Crippen LogP contribution is 2.25. The number of nitrogens with zero attached hydrogens (tertiary/aromatic N) is 3. The molecular weight excluding hydrogens is 348 g/mol. The number of alkyl halides is 2. The van der Waals surface area contributed by atoms with Gasteiger partial charge < -0.3 is 4.74 Å². The van der Waals surface area contributed by atoms with Gasteiger partial charge in [0.05, 0.1) is 4.92 Å². The number of hydrogen-bond acceptors (Lipinski definition) is 5. The Kier molecular flexibility index (Phi) is 5.59. The Labute approximate surface area is 139 Å². The minimum Gasteiger partial charge on any atom is -0.454 e. The number of esters is 1. The van der Waals surface area contributed by atoms with Crippen molar-refractivity contribution in [1.29, 1.82) is 0 Å². The lowest BCUT2D eigenvalue weighted by Gasteiger charge is -2.06. The van der Waals surface area contributed by atoms with Crippen LogP contribution in [0, 0.1) is 10.1 Å². The van der Waals surface area contributed by atoms with Crippen molar-refractivity contribution in [3.05, 3.63) is 63.2 Å². The number of aromatic nitrogens is 2. The maximum Gasteiger partial charge on any atom is 0.331 e. The van der Waals surface area contributed by atoms with Gasteiger partial charge in [-0.25, -0.2) is 9.78 Å².